The molecule has 0 saturated heterocycles. The summed E-state index contributed by atoms with van der Waals surface area (Å²) in [4.78, 5) is 24.6. The Kier molecular flexibility index (Phi) is 4.27. The zero-order valence-corrected chi connectivity index (χ0v) is 11.8. The van der Waals surface area contributed by atoms with Gasteiger partial charge in [0.15, 0.2) is 0 Å². The fourth-order valence-corrected chi connectivity index (χ4v) is 2.50. The standard InChI is InChI=1S/C15H20N2O3/c1-10(2)11-4-3-5-12-15(11)17(9-7-14(19)20)8-6-13(18)16-12/h3-5,10H,6-9H2,1-2H3,(H,16,18)(H,19,20). The van der Waals surface area contributed by atoms with Gasteiger partial charge in [0.05, 0.1) is 17.8 Å². The predicted molar refractivity (Wildman–Crippen MR) is 78.2 cm³/mol. The molecular formula is C15H20N2O3. The summed E-state index contributed by atoms with van der Waals surface area (Å²) in [5.41, 5.74) is 2.88. The molecule has 0 atom stereocenters. The minimum atomic E-state index is -0.822. The van der Waals surface area contributed by atoms with Gasteiger partial charge < -0.3 is 15.3 Å². The fourth-order valence-electron chi connectivity index (χ4n) is 2.50. The summed E-state index contributed by atoms with van der Waals surface area (Å²) in [6.45, 7) is 5.16. The smallest absolute Gasteiger partial charge is 0.305 e. The number of carboxylic acid groups (broad SMARTS) is 1. The van der Waals surface area contributed by atoms with Crippen molar-refractivity contribution < 1.29 is 14.7 Å². The first kappa shape index (κ1) is 14.4. The molecule has 0 radical (unpaired) electrons. The summed E-state index contributed by atoms with van der Waals surface area (Å²) in [5, 5.41) is 11.8. The van der Waals surface area contributed by atoms with Gasteiger partial charge in [0.1, 0.15) is 0 Å². The molecule has 0 aromatic heterocycles. The van der Waals surface area contributed by atoms with Crippen LogP contribution in [-0.2, 0) is 9.59 Å². The van der Waals surface area contributed by atoms with Gasteiger partial charge in [-0.1, -0.05) is 26.0 Å². The predicted octanol–water partition coefficient (Wildman–Crippen LogP) is 2.43. The van der Waals surface area contributed by atoms with E-state index in [0.717, 1.165) is 16.9 Å². The van der Waals surface area contributed by atoms with E-state index in [1.165, 1.54) is 0 Å². The second kappa shape index (κ2) is 5.94. The van der Waals surface area contributed by atoms with Crippen LogP contribution in [-0.4, -0.2) is 30.1 Å². The molecular weight excluding hydrogens is 256 g/mol. The van der Waals surface area contributed by atoms with Crippen LogP contribution in [0.25, 0.3) is 0 Å². The van der Waals surface area contributed by atoms with Gasteiger partial charge in [-0.3, -0.25) is 9.59 Å². The average Bonchev–Trinajstić information content (AvgIpc) is 2.54. The molecule has 0 unspecified atom stereocenters. The van der Waals surface area contributed by atoms with Crippen LogP contribution < -0.4 is 10.2 Å². The molecule has 1 aromatic rings. The number of carboxylic acids is 1. The SMILES string of the molecule is CC(C)c1cccc2c1N(CCC(=O)O)CCC(=O)N2. The second-order valence-electron chi connectivity index (χ2n) is 5.33. The number of nitrogens with zero attached hydrogens (tertiary/aromatic N) is 1. The Morgan fingerprint density at radius 1 is 1.45 bits per heavy atom. The van der Waals surface area contributed by atoms with Crippen molar-refractivity contribution in [3.63, 3.8) is 0 Å². The number of carbonyl (C=O) groups is 2. The molecule has 1 amide bonds. The monoisotopic (exact) mass is 276 g/mol. The first-order valence-corrected chi connectivity index (χ1v) is 6.88. The zero-order chi connectivity index (χ0) is 14.7. The molecule has 0 fully saturated rings. The number of hydrogen-bond donors (Lipinski definition) is 2. The van der Waals surface area contributed by atoms with Gasteiger partial charge >= 0.3 is 5.97 Å². The van der Waals surface area contributed by atoms with Crippen LogP contribution in [0.4, 0.5) is 11.4 Å². The molecule has 1 aliphatic heterocycles. The number of aliphatic carboxylic acids is 1. The van der Waals surface area contributed by atoms with Gasteiger partial charge in [-0.2, -0.15) is 0 Å². The zero-order valence-electron chi connectivity index (χ0n) is 11.8. The molecule has 108 valence electrons. The van der Waals surface area contributed by atoms with Crippen molar-refractivity contribution in [2.45, 2.75) is 32.6 Å². The number of para-hydroxylation sites is 1. The van der Waals surface area contributed by atoms with E-state index in [2.05, 4.69) is 19.2 Å². The van der Waals surface area contributed by atoms with E-state index >= 15 is 0 Å². The largest absolute Gasteiger partial charge is 0.481 e. The third-order valence-corrected chi connectivity index (χ3v) is 3.48. The van der Waals surface area contributed by atoms with Crippen LogP contribution in [0.15, 0.2) is 18.2 Å². The number of benzene rings is 1. The molecule has 5 heteroatoms. The third-order valence-electron chi connectivity index (χ3n) is 3.48. The van der Waals surface area contributed by atoms with E-state index in [1.54, 1.807) is 0 Å². The summed E-state index contributed by atoms with van der Waals surface area (Å²) in [5.74, 6) is -0.533. The highest BCUT2D eigenvalue weighted by molar-refractivity contribution is 5.97. The topological polar surface area (TPSA) is 69.6 Å². The third kappa shape index (κ3) is 3.10. The molecule has 1 aromatic carbocycles. The molecule has 2 N–H and O–H groups in total. The van der Waals surface area contributed by atoms with Crippen molar-refractivity contribution in [2.24, 2.45) is 0 Å². The number of amides is 1. The second-order valence-corrected chi connectivity index (χ2v) is 5.33. The quantitative estimate of drug-likeness (QED) is 0.886. The molecule has 1 heterocycles. The van der Waals surface area contributed by atoms with Crippen molar-refractivity contribution in [3.05, 3.63) is 23.8 Å². The van der Waals surface area contributed by atoms with Crippen molar-refractivity contribution in [1.82, 2.24) is 0 Å². The van der Waals surface area contributed by atoms with Crippen LogP contribution >= 0.6 is 0 Å². The van der Waals surface area contributed by atoms with E-state index in [1.807, 2.05) is 23.1 Å². The van der Waals surface area contributed by atoms with E-state index < -0.39 is 5.97 Å². The molecule has 0 bridgehead atoms. The molecule has 5 nitrogen and oxygen atoms in total. The number of anilines is 2. The first-order valence-electron chi connectivity index (χ1n) is 6.88. The molecule has 2 rings (SSSR count). The van der Waals surface area contributed by atoms with E-state index in [4.69, 9.17) is 5.11 Å². The number of hydrogen-bond acceptors (Lipinski definition) is 3. The lowest BCUT2D eigenvalue weighted by Gasteiger charge is -2.27. The summed E-state index contributed by atoms with van der Waals surface area (Å²) in [7, 11) is 0. The Morgan fingerprint density at radius 3 is 2.85 bits per heavy atom. The van der Waals surface area contributed by atoms with Crippen molar-refractivity contribution in [3.8, 4) is 0 Å². The van der Waals surface area contributed by atoms with Gasteiger partial charge in [-0.05, 0) is 17.5 Å². The summed E-state index contributed by atoms with van der Waals surface area (Å²) < 4.78 is 0. The van der Waals surface area contributed by atoms with E-state index in [9.17, 15) is 9.59 Å². The van der Waals surface area contributed by atoms with Crippen LogP contribution in [0.3, 0.4) is 0 Å². The molecule has 0 aliphatic carbocycles. The lowest BCUT2D eigenvalue weighted by Crippen LogP contribution is -2.28. The van der Waals surface area contributed by atoms with Gasteiger partial charge in [-0.15, -0.1) is 0 Å². The Hall–Kier alpha value is -2.04. The lowest BCUT2D eigenvalue weighted by molar-refractivity contribution is -0.136. The minimum absolute atomic E-state index is 0.0232. The van der Waals surface area contributed by atoms with Crippen LogP contribution in [0, 0.1) is 0 Å². The molecule has 1 aliphatic rings. The maximum atomic E-state index is 11.8. The van der Waals surface area contributed by atoms with Crippen molar-refractivity contribution >= 4 is 23.3 Å². The van der Waals surface area contributed by atoms with Crippen LogP contribution in [0.2, 0.25) is 0 Å². The maximum absolute atomic E-state index is 11.8. The number of carbonyl (C=O) groups excluding carboxylic acids is 1. The average molecular weight is 276 g/mol. The van der Waals surface area contributed by atoms with Crippen molar-refractivity contribution in [2.75, 3.05) is 23.3 Å². The van der Waals surface area contributed by atoms with Crippen LogP contribution in [0.1, 0.15) is 38.2 Å². The summed E-state index contributed by atoms with van der Waals surface area (Å²) in [6.07, 6.45) is 0.450. The summed E-state index contributed by atoms with van der Waals surface area (Å²) in [6, 6.07) is 5.84. The molecule has 0 saturated carbocycles. The maximum Gasteiger partial charge on any atom is 0.305 e. The molecule has 0 spiro atoms. The molecule has 20 heavy (non-hydrogen) atoms. The highest BCUT2D eigenvalue weighted by Crippen LogP contribution is 2.36. The summed E-state index contributed by atoms with van der Waals surface area (Å²) >= 11 is 0. The number of nitrogens with one attached hydrogen (secondary N) is 1. The number of fused-ring (bicyclic) bond motifs is 1. The number of rotatable bonds is 4. The van der Waals surface area contributed by atoms with E-state index in [0.29, 0.717) is 25.4 Å². The highest BCUT2D eigenvalue weighted by atomic mass is 16.4. The fraction of sp³-hybridized carbons (Fsp3) is 0.467. The normalized spacial score (nSPS) is 14.8. The van der Waals surface area contributed by atoms with Gasteiger partial charge in [-0.25, -0.2) is 0 Å². The van der Waals surface area contributed by atoms with Crippen molar-refractivity contribution in [1.29, 1.82) is 0 Å². The Labute approximate surface area is 118 Å². The van der Waals surface area contributed by atoms with Gasteiger partial charge in [0.2, 0.25) is 5.91 Å². The minimum Gasteiger partial charge on any atom is -0.481 e. The van der Waals surface area contributed by atoms with Gasteiger partial charge in [0.25, 0.3) is 0 Å². The van der Waals surface area contributed by atoms with Gasteiger partial charge in [0, 0.05) is 19.5 Å². The highest BCUT2D eigenvalue weighted by Gasteiger charge is 2.23. The van der Waals surface area contributed by atoms with Crippen LogP contribution in [0.5, 0.6) is 0 Å². The Bertz CT molecular complexity index is 526. The Balaban J connectivity index is 2.41. The first-order chi connectivity index (χ1) is 9.49. The Morgan fingerprint density at radius 2 is 2.20 bits per heavy atom. The lowest BCUT2D eigenvalue weighted by atomic mass is 9.99. The van der Waals surface area contributed by atoms with E-state index in [-0.39, 0.29) is 12.3 Å².